The molecule has 3 nitrogen and oxygen atoms in total. The van der Waals surface area contributed by atoms with E-state index in [4.69, 9.17) is 0 Å². The minimum atomic E-state index is 0.00986. The molecule has 1 N–H and O–H groups in total. The Bertz CT molecular complexity index is 1070. The second kappa shape index (κ2) is 7.23. The molecule has 0 spiro atoms. The van der Waals surface area contributed by atoms with E-state index in [2.05, 4.69) is 63.9 Å². The number of rotatable bonds is 3. The highest BCUT2D eigenvalue weighted by atomic mass is 16.3. The first-order valence-corrected chi connectivity index (χ1v) is 10.8. The SMILES string of the molecule is Cc1cc2c(cc1Cc1ccc(C3=C(O)CCCC3=O)cn1)C(C)(C)C=CC2(C)C. The van der Waals surface area contributed by atoms with Crippen molar-refractivity contribution in [1.82, 2.24) is 4.98 Å². The van der Waals surface area contributed by atoms with Gasteiger partial charge in [-0.25, -0.2) is 0 Å². The van der Waals surface area contributed by atoms with Gasteiger partial charge in [0.05, 0.1) is 5.57 Å². The third-order valence-corrected chi connectivity index (χ3v) is 6.65. The Morgan fingerprint density at radius 2 is 1.67 bits per heavy atom. The molecule has 0 saturated heterocycles. The smallest absolute Gasteiger partial charge is 0.166 e. The van der Waals surface area contributed by atoms with E-state index in [9.17, 15) is 9.90 Å². The molecule has 4 rings (SSSR count). The summed E-state index contributed by atoms with van der Waals surface area (Å²) in [6.07, 6.45) is 8.91. The van der Waals surface area contributed by atoms with E-state index in [0.717, 1.165) is 24.1 Å². The molecule has 0 radical (unpaired) electrons. The summed E-state index contributed by atoms with van der Waals surface area (Å²) in [5.41, 5.74) is 7.52. The van der Waals surface area contributed by atoms with Crippen molar-refractivity contribution in [2.75, 3.05) is 0 Å². The zero-order valence-corrected chi connectivity index (χ0v) is 18.7. The van der Waals surface area contributed by atoms with Crippen LogP contribution in [0, 0.1) is 6.92 Å². The summed E-state index contributed by atoms with van der Waals surface area (Å²) in [4.78, 5) is 16.8. The van der Waals surface area contributed by atoms with E-state index >= 15 is 0 Å². The van der Waals surface area contributed by atoms with Gasteiger partial charge in [0, 0.05) is 47.5 Å². The van der Waals surface area contributed by atoms with E-state index in [1.807, 2.05) is 12.1 Å². The molecule has 3 heteroatoms. The van der Waals surface area contributed by atoms with Gasteiger partial charge in [0.2, 0.25) is 0 Å². The molecular formula is C27H31NO2. The number of pyridine rings is 1. The molecule has 1 aromatic carbocycles. The number of aliphatic hydroxyl groups is 1. The number of benzene rings is 1. The van der Waals surface area contributed by atoms with Crippen LogP contribution >= 0.6 is 0 Å². The third kappa shape index (κ3) is 3.62. The number of ketones is 1. The van der Waals surface area contributed by atoms with Gasteiger partial charge in [0.25, 0.3) is 0 Å². The average molecular weight is 402 g/mol. The van der Waals surface area contributed by atoms with Crippen LogP contribution in [0.5, 0.6) is 0 Å². The number of carbonyl (C=O) groups is 1. The topological polar surface area (TPSA) is 50.2 Å². The lowest BCUT2D eigenvalue weighted by Gasteiger charge is -2.37. The number of Topliss-reactive ketones (excluding diaryl/α,β-unsaturated/α-hetero) is 1. The molecule has 1 heterocycles. The third-order valence-electron chi connectivity index (χ3n) is 6.65. The Labute approximate surface area is 179 Å². The van der Waals surface area contributed by atoms with Gasteiger partial charge in [-0.1, -0.05) is 58.0 Å². The van der Waals surface area contributed by atoms with Crippen molar-refractivity contribution >= 4 is 11.4 Å². The van der Waals surface area contributed by atoms with Crippen LogP contribution in [0.25, 0.3) is 5.57 Å². The van der Waals surface area contributed by atoms with Gasteiger partial charge in [-0.2, -0.15) is 0 Å². The first-order chi connectivity index (χ1) is 14.1. The second-order valence-electron chi connectivity index (χ2n) is 9.91. The molecule has 156 valence electrons. The fourth-order valence-electron chi connectivity index (χ4n) is 4.63. The van der Waals surface area contributed by atoms with Gasteiger partial charge in [-0.3, -0.25) is 9.78 Å². The Hall–Kier alpha value is -2.68. The van der Waals surface area contributed by atoms with Crippen molar-refractivity contribution < 1.29 is 9.90 Å². The van der Waals surface area contributed by atoms with Crippen LogP contribution in [0.4, 0.5) is 0 Å². The van der Waals surface area contributed by atoms with Crippen molar-refractivity contribution in [3.8, 4) is 0 Å². The number of hydrogen-bond donors (Lipinski definition) is 1. The van der Waals surface area contributed by atoms with Crippen LogP contribution < -0.4 is 0 Å². The van der Waals surface area contributed by atoms with Crippen molar-refractivity contribution in [1.29, 1.82) is 0 Å². The number of hydrogen-bond acceptors (Lipinski definition) is 3. The highest BCUT2D eigenvalue weighted by Gasteiger charge is 2.33. The van der Waals surface area contributed by atoms with Crippen LogP contribution in [-0.4, -0.2) is 15.9 Å². The van der Waals surface area contributed by atoms with Crippen molar-refractivity contribution in [3.63, 3.8) is 0 Å². The summed E-state index contributed by atoms with van der Waals surface area (Å²) in [5.74, 6) is 0.209. The van der Waals surface area contributed by atoms with Gasteiger partial charge in [-0.05, 0) is 41.7 Å². The maximum Gasteiger partial charge on any atom is 0.166 e. The lowest BCUT2D eigenvalue weighted by molar-refractivity contribution is -0.114. The minimum absolute atomic E-state index is 0.00986. The van der Waals surface area contributed by atoms with Gasteiger partial charge in [0.1, 0.15) is 5.76 Å². The van der Waals surface area contributed by atoms with Crippen LogP contribution in [0.15, 0.2) is 48.4 Å². The molecule has 2 aliphatic rings. The normalized spacial score (nSPS) is 19.7. The van der Waals surface area contributed by atoms with Crippen molar-refractivity contribution in [2.24, 2.45) is 0 Å². The highest BCUT2D eigenvalue weighted by Crippen LogP contribution is 2.42. The molecule has 30 heavy (non-hydrogen) atoms. The number of aromatic nitrogens is 1. The number of aliphatic hydroxyl groups excluding tert-OH is 1. The Kier molecular flexibility index (Phi) is 4.96. The lowest BCUT2D eigenvalue weighted by atomic mass is 9.67. The molecule has 0 fully saturated rings. The molecule has 2 aromatic rings. The summed E-state index contributed by atoms with van der Waals surface area (Å²) in [6, 6.07) is 8.59. The quantitative estimate of drug-likeness (QED) is 0.630. The van der Waals surface area contributed by atoms with Gasteiger partial charge in [-0.15, -0.1) is 0 Å². The Balaban J connectivity index is 1.65. The van der Waals surface area contributed by atoms with Crippen LogP contribution in [0.3, 0.4) is 0 Å². The lowest BCUT2D eigenvalue weighted by Crippen LogP contribution is -2.29. The Morgan fingerprint density at radius 1 is 1.00 bits per heavy atom. The number of fused-ring (bicyclic) bond motifs is 1. The molecule has 0 aliphatic heterocycles. The van der Waals surface area contributed by atoms with Crippen LogP contribution in [0.1, 0.15) is 80.5 Å². The number of aryl methyl sites for hydroxylation is 1. The molecule has 1 aromatic heterocycles. The molecule has 0 atom stereocenters. The molecule has 0 amide bonds. The first-order valence-electron chi connectivity index (χ1n) is 10.8. The molecule has 0 bridgehead atoms. The fourth-order valence-corrected chi connectivity index (χ4v) is 4.63. The van der Waals surface area contributed by atoms with E-state index in [-0.39, 0.29) is 22.4 Å². The molecule has 0 saturated carbocycles. The van der Waals surface area contributed by atoms with Gasteiger partial charge >= 0.3 is 0 Å². The Morgan fingerprint density at radius 3 is 2.27 bits per heavy atom. The van der Waals surface area contributed by atoms with Crippen LogP contribution in [-0.2, 0) is 22.0 Å². The fraction of sp³-hybridized carbons (Fsp3) is 0.407. The summed E-state index contributed by atoms with van der Waals surface area (Å²) < 4.78 is 0. The second-order valence-corrected chi connectivity index (χ2v) is 9.91. The van der Waals surface area contributed by atoms with E-state index in [0.29, 0.717) is 18.4 Å². The molecular weight excluding hydrogens is 370 g/mol. The zero-order valence-electron chi connectivity index (χ0n) is 18.7. The number of allylic oxidation sites excluding steroid dienone is 4. The van der Waals surface area contributed by atoms with E-state index < -0.39 is 0 Å². The number of nitrogens with zero attached hydrogens (tertiary/aromatic N) is 1. The minimum Gasteiger partial charge on any atom is -0.512 e. The zero-order chi connectivity index (χ0) is 21.7. The van der Waals surface area contributed by atoms with Gasteiger partial charge < -0.3 is 5.11 Å². The highest BCUT2D eigenvalue weighted by molar-refractivity contribution is 6.21. The summed E-state index contributed by atoms with van der Waals surface area (Å²) in [5, 5.41) is 10.2. The van der Waals surface area contributed by atoms with E-state index in [1.54, 1.807) is 6.20 Å². The summed E-state index contributed by atoms with van der Waals surface area (Å²) in [6.45, 7) is 11.3. The largest absolute Gasteiger partial charge is 0.512 e. The summed E-state index contributed by atoms with van der Waals surface area (Å²) in [7, 11) is 0. The predicted molar refractivity (Wildman–Crippen MR) is 122 cm³/mol. The molecule has 2 aliphatic carbocycles. The van der Waals surface area contributed by atoms with Crippen molar-refractivity contribution in [3.05, 3.63) is 81.9 Å². The van der Waals surface area contributed by atoms with Crippen LogP contribution in [0.2, 0.25) is 0 Å². The first kappa shape index (κ1) is 20.6. The maximum atomic E-state index is 12.2. The standard InChI is InChI=1S/C27H31NO2/c1-17-13-21-22(27(4,5)12-11-26(21,2)3)15-19(17)14-20-10-9-18(16-28-20)25-23(29)7-6-8-24(25)30/h9-13,15-16,29H,6-8,14H2,1-5H3. The summed E-state index contributed by atoms with van der Waals surface area (Å²) >= 11 is 0. The predicted octanol–water partition coefficient (Wildman–Crippen LogP) is 6.13. The average Bonchev–Trinajstić information content (AvgIpc) is 2.68. The van der Waals surface area contributed by atoms with E-state index in [1.165, 1.54) is 22.3 Å². The maximum absolute atomic E-state index is 12.2. The van der Waals surface area contributed by atoms with Gasteiger partial charge in [0.15, 0.2) is 5.78 Å². The van der Waals surface area contributed by atoms with Crippen molar-refractivity contribution in [2.45, 2.75) is 71.1 Å². The number of carbonyl (C=O) groups excluding carboxylic acids is 1. The monoisotopic (exact) mass is 401 g/mol. The molecule has 0 unspecified atom stereocenters.